The maximum atomic E-state index is 12.1. The molecule has 0 saturated heterocycles. The van der Waals surface area contributed by atoms with Crippen LogP contribution in [0.25, 0.3) is 11.3 Å². The standard InChI is InChI=1S/C19H14Cl2O4/c1-23-13-5-2-4-12(10-13)19(22)24-11-14-8-9-17(25-14)15-6-3-7-16(20)18(15)21/h2-10H,11H2,1H3. The molecule has 0 bridgehead atoms. The van der Waals surface area contributed by atoms with E-state index in [1.165, 1.54) is 7.11 Å². The first kappa shape index (κ1) is 17.4. The molecule has 0 saturated carbocycles. The van der Waals surface area contributed by atoms with Crippen molar-refractivity contribution in [3.05, 3.63) is 76.0 Å². The van der Waals surface area contributed by atoms with Crippen molar-refractivity contribution < 1.29 is 18.7 Å². The van der Waals surface area contributed by atoms with Crippen molar-refractivity contribution in [3.8, 4) is 17.1 Å². The minimum absolute atomic E-state index is 0.00816. The second-order valence-electron chi connectivity index (χ2n) is 5.18. The van der Waals surface area contributed by atoms with Gasteiger partial charge in [0.05, 0.1) is 22.7 Å². The van der Waals surface area contributed by atoms with Gasteiger partial charge in [-0.3, -0.25) is 0 Å². The van der Waals surface area contributed by atoms with Crippen molar-refractivity contribution in [2.45, 2.75) is 6.61 Å². The molecule has 1 aromatic heterocycles. The third-order valence-corrected chi connectivity index (χ3v) is 4.35. The minimum atomic E-state index is -0.461. The van der Waals surface area contributed by atoms with E-state index >= 15 is 0 Å². The van der Waals surface area contributed by atoms with E-state index in [2.05, 4.69) is 0 Å². The molecule has 0 radical (unpaired) electrons. The molecular weight excluding hydrogens is 363 g/mol. The normalized spacial score (nSPS) is 10.5. The van der Waals surface area contributed by atoms with Crippen LogP contribution >= 0.6 is 23.2 Å². The summed E-state index contributed by atoms with van der Waals surface area (Å²) >= 11 is 12.2. The van der Waals surface area contributed by atoms with E-state index in [0.29, 0.717) is 38.4 Å². The highest BCUT2D eigenvalue weighted by Gasteiger charge is 2.13. The maximum Gasteiger partial charge on any atom is 0.338 e. The van der Waals surface area contributed by atoms with Crippen molar-refractivity contribution in [1.29, 1.82) is 0 Å². The molecule has 2 aromatic carbocycles. The summed E-state index contributed by atoms with van der Waals surface area (Å²) in [5.74, 6) is 1.19. The van der Waals surface area contributed by atoms with Crippen LogP contribution in [0.4, 0.5) is 0 Å². The third-order valence-electron chi connectivity index (χ3n) is 3.53. The summed E-state index contributed by atoms with van der Waals surface area (Å²) in [6.45, 7) is 0.00816. The summed E-state index contributed by atoms with van der Waals surface area (Å²) in [5.41, 5.74) is 1.09. The molecule has 0 amide bonds. The van der Waals surface area contributed by atoms with Gasteiger partial charge in [0.25, 0.3) is 0 Å². The largest absolute Gasteiger partial charge is 0.497 e. The fourth-order valence-electron chi connectivity index (χ4n) is 2.26. The summed E-state index contributed by atoms with van der Waals surface area (Å²) in [7, 11) is 1.54. The number of ether oxygens (including phenoxy) is 2. The van der Waals surface area contributed by atoms with Crippen molar-refractivity contribution >= 4 is 29.2 Å². The van der Waals surface area contributed by atoms with E-state index in [9.17, 15) is 4.79 Å². The molecule has 0 aliphatic rings. The van der Waals surface area contributed by atoms with Crippen LogP contribution in [0.1, 0.15) is 16.1 Å². The number of furan rings is 1. The van der Waals surface area contributed by atoms with Gasteiger partial charge in [-0.25, -0.2) is 4.79 Å². The molecular formula is C19H14Cl2O4. The Balaban J connectivity index is 1.69. The lowest BCUT2D eigenvalue weighted by atomic mass is 10.2. The topological polar surface area (TPSA) is 48.7 Å². The highest BCUT2D eigenvalue weighted by molar-refractivity contribution is 6.43. The third kappa shape index (κ3) is 3.98. The zero-order valence-corrected chi connectivity index (χ0v) is 14.8. The van der Waals surface area contributed by atoms with Crippen LogP contribution in [0, 0.1) is 0 Å². The molecule has 0 spiro atoms. The molecule has 4 nitrogen and oxygen atoms in total. The SMILES string of the molecule is COc1cccc(C(=O)OCc2ccc(-c3cccc(Cl)c3Cl)o2)c1. The summed E-state index contributed by atoms with van der Waals surface area (Å²) in [6.07, 6.45) is 0. The van der Waals surface area contributed by atoms with Gasteiger partial charge in [-0.1, -0.05) is 35.3 Å². The second kappa shape index (κ2) is 7.64. The Labute approximate surface area is 154 Å². The zero-order valence-electron chi connectivity index (χ0n) is 13.3. The van der Waals surface area contributed by atoms with Gasteiger partial charge < -0.3 is 13.9 Å². The van der Waals surface area contributed by atoms with E-state index in [0.717, 1.165) is 0 Å². The molecule has 0 aliphatic carbocycles. The molecule has 0 fully saturated rings. The molecule has 0 aliphatic heterocycles. The van der Waals surface area contributed by atoms with Gasteiger partial charge in [0, 0.05) is 5.56 Å². The average Bonchev–Trinajstić information content (AvgIpc) is 3.10. The quantitative estimate of drug-likeness (QED) is 0.542. The monoisotopic (exact) mass is 376 g/mol. The molecule has 6 heteroatoms. The van der Waals surface area contributed by atoms with E-state index in [4.69, 9.17) is 37.1 Å². The van der Waals surface area contributed by atoms with Gasteiger partial charge in [0.15, 0.2) is 0 Å². The highest BCUT2D eigenvalue weighted by Crippen LogP contribution is 2.34. The van der Waals surface area contributed by atoms with Crippen molar-refractivity contribution in [2.75, 3.05) is 7.11 Å². The van der Waals surface area contributed by atoms with Gasteiger partial charge in [-0.15, -0.1) is 0 Å². The predicted octanol–water partition coefficient (Wildman–Crippen LogP) is 5.62. The summed E-state index contributed by atoms with van der Waals surface area (Å²) < 4.78 is 16.1. The van der Waals surface area contributed by atoms with Gasteiger partial charge in [0.1, 0.15) is 23.9 Å². The lowest BCUT2D eigenvalue weighted by Gasteiger charge is -2.05. The molecule has 1 heterocycles. The molecule has 3 aromatic rings. The predicted molar refractivity (Wildman–Crippen MR) is 96.3 cm³/mol. The van der Waals surface area contributed by atoms with Crippen LogP contribution < -0.4 is 4.74 Å². The number of carbonyl (C=O) groups is 1. The number of benzene rings is 2. The Morgan fingerprint density at radius 2 is 1.88 bits per heavy atom. The van der Waals surface area contributed by atoms with Crippen molar-refractivity contribution in [2.24, 2.45) is 0 Å². The Morgan fingerprint density at radius 3 is 2.68 bits per heavy atom. The van der Waals surface area contributed by atoms with Gasteiger partial charge in [-0.05, 0) is 42.5 Å². The Bertz CT molecular complexity index is 902. The molecule has 3 rings (SSSR count). The van der Waals surface area contributed by atoms with E-state index in [1.807, 2.05) is 0 Å². The van der Waals surface area contributed by atoms with Crippen LogP contribution in [0.5, 0.6) is 5.75 Å². The average molecular weight is 377 g/mol. The highest BCUT2D eigenvalue weighted by atomic mass is 35.5. The van der Waals surface area contributed by atoms with Crippen molar-refractivity contribution in [3.63, 3.8) is 0 Å². The fourth-order valence-corrected chi connectivity index (χ4v) is 2.66. The van der Waals surface area contributed by atoms with Crippen LogP contribution in [-0.4, -0.2) is 13.1 Å². The number of methoxy groups -OCH3 is 1. The fraction of sp³-hybridized carbons (Fsp3) is 0.105. The molecule has 0 unspecified atom stereocenters. The number of halogens is 2. The molecule has 25 heavy (non-hydrogen) atoms. The van der Waals surface area contributed by atoms with Crippen LogP contribution in [0.3, 0.4) is 0 Å². The number of hydrogen-bond acceptors (Lipinski definition) is 4. The summed E-state index contributed by atoms with van der Waals surface area (Å²) in [4.78, 5) is 12.1. The van der Waals surface area contributed by atoms with E-state index < -0.39 is 5.97 Å². The number of carbonyl (C=O) groups excluding carboxylic acids is 1. The number of hydrogen-bond donors (Lipinski definition) is 0. The zero-order chi connectivity index (χ0) is 17.8. The summed E-state index contributed by atoms with van der Waals surface area (Å²) in [5, 5.41) is 0.861. The van der Waals surface area contributed by atoms with Crippen LogP contribution in [-0.2, 0) is 11.3 Å². The maximum absolute atomic E-state index is 12.1. The molecule has 128 valence electrons. The Hall–Kier alpha value is -2.43. The molecule has 0 atom stereocenters. The first-order valence-electron chi connectivity index (χ1n) is 7.43. The van der Waals surface area contributed by atoms with Gasteiger partial charge in [0.2, 0.25) is 0 Å². The first-order chi connectivity index (χ1) is 12.1. The van der Waals surface area contributed by atoms with Gasteiger partial charge >= 0.3 is 5.97 Å². The number of esters is 1. The van der Waals surface area contributed by atoms with E-state index in [1.54, 1.807) is 54.6 Å². The second-order valence-corrected chi connectivity index (χ2v) is 5.96. The van der Waals surface area contributed by atoms with Crippen LogP contribution in [0.15, 0.2) is 59.0 Å². The lowest BCUT2D eigenvalue weighted by molar-refractivity contribution is 0.0446. The van der Waals surface area contributed by atoms with Gasteiger partial charge in [-0.2, -0.15) is 0 Å². The number of rotatable bonds is 5. The smallest absolute Gasteiger partial charge is 0.338 e. The lowest BCUT2D eigenvalue weighted by Crippen LogP contribution is -2.04. The van der Waals surface area contributed by atoms with E-state index in [-0.39, 0.29) is 6.61 Å². The minimum Gasteiger partial charge on any atom is -0.497 e. The summed E-state index contributed by atoms with van der Waals surface area (Å²) in [6, 6.07) is 15.5. The Morgan fingerprint density at radius 1 is 1.08 bits per heavy atom. The first-order valence-corrected chi connectivity index (χ1v) is 8.18. The Kier molecular flexibility index (Phi) is 5.31. The van der Waals surface area contributed by atoms with Crippen LogP contribution in [0.2, 0.25) is 10.0 Å². The van der Waals surface area contributed by atoms with Crippen molar-refractivity contribution in [1.82, 2.24) is 0 Å². The molecule has 0 N–H and O–H groups in total.